The van der Waals surface area contributed by atoms with Crippen LogP contribution in [0.2, 0.25) is 0 Å². The Morgan fingerprint density at radius 1 is 0.938 bits per heavy atom. The number of ether oxygens (including phenoxy) is 1. The Hall–Kier alpha value is -3.85. The highest BCUT2D eigenvalue weighted by molar-refractivity contribution is 7.87. The number of aromatic hydroxyl groups is 1. The van der Waals surface area contributed by atoms with E-state index in [1.54, 1.807) is 26.0 Å². The first-order valence-electron chi connectivity index (χ1n) is 9.52. The molecule has 0 heterocycles. The molecule has 0 aliphatic heterocycles. The van der Waals surface area contributed by atoms with Gasteiger partial charge >= 0.3 is 16.1 Å². The summed E-state index contributed by atoms with van der Waals surface area (Å²) in [6.45, 7) is 2.94. The monoisotopic (exact) mass is 455 g/mol. The summed E-state index contributed by atoms with van der Waals surface area (Å²) in [4.78, 5) is 24.1. The first kappa shape index (κ1) is 22.8. The van der Waals surface area contributed by atoms with Crippen LogP contribution in [0.3, 0.4) is 0 Å². The first-order chi connectivity index (χ1) is 15.1. The topological polar surface area (TPSA) is 119 Å². The number of hydrogen-bond acceptors (Lipinski definition) is 7. The van der Waals surface area contributed by atoms with Crippen LogP contribution in [0, 0.1) is 13.8 Å². The highest BCUT2D eigenvalue weighted by Crippen LogP contribution is 2.23. The van der Waals surface area contributed by atoms with Crippen LogP contribution in [-0.4, -0.2) is 32.0 Å². The van der Waals surface area contributed by atoms with Gasteiger partial charge in [-0.1, -0.05) is 12.1 Å². The van der Waals surface area contributed by atoms with E-state index in [0.717, 1.165) is 5.56 Å². The number of nitrogens with one attached hydrogen (secondary N) is 1. The van der Waals surface area contributed by atoms with E-state index < -0.39 is 28.6 Å². The second-order valence-electron chi connectivity index (χ2n) is 7.00. The maximum atomic E-state index is 12.6. The molecule has 3 rings (SSSR count). The van der Waals surface area contributed by atoms with Crippen molar-refractivity contribution in [3.8, 4) is 11.5 Å². The van der Waals surface area contributed by atoms with Crippen LogP contribution in [0.15, 0.2) is 71.6 Å². The van der Waals surface area contributed by atoms with Crippen LogP contribution < -0.4 is 9.50 Å². The summed E-state index contributed by atoms with van der Waals surface area (Å²) >= 11 is 0. The van der Waals surface area contributed by atoms with Gasteiger partial charge in [0.25, 0.3) is 5.91 Å². The molecule has 0 radical (unpaired) electrons. The molecule has 8 nitrogen and oxygen atoms in total. The van der Waals surface area contributed by atoms with Crippen molar-refractivity contribution in [2.75, 3.05) is 11.9 Å². The molecule has 0 saturated heterocycles. The molecular formula is C23H21NO7S. The number of aryl methyl sites for hydroxylation is 2. The van der Waals surface area contributed by atoms with Crippen LogP contribution in [0.4, 0.5) is 5.69 Å². The summed E-state index contributed by atoms with van der Waals surface area (Å²) in [5.41, 5.74) is 1.90. The quantitative estimate of drug-likeness (QED) is 0.318. The molecule has 0 aliphatic carbocycles. The second-order valence-corrected chi connectivity index (χ2v) is 8.52. The summed E-state index contributed by atoms with van der Waals surface area (Å²) in [5, 5.41) is 11.8. The Kier molecular flexibility index (Phi) is 6.79. The number of carbonyl (C=O) groups is 2. The number of hydrogen-bond donors (Lipinski definition) is 2. The Morgan fingerprint density at radius 2 is 1.59 bits per heavy atom. The fourth-order valence-electron chi connectivity index (χ4n) is 2.75. The lowest BCUT2D eigenvalue weighted by molar-refractivity contribution is -0.119. The summed E-state index contributed by atoms with van der Waals surface area (Å²) in [7, 11) is -4.04. The Morgan fingerprint density at radius 3 is 2.25 bits per heavy atom. The highest BCUT2D eigenvalue weighted by Gasteiger charge is 2.20. The van der Waals surface area contributed by atoms with Crippen LogP contribution in [0.5, 0.6) is 11.5 Å². The van der Waals surface area contributed by atoms with Crippen molar-refractivity contribution in [3.05, 3.63) is 83.4 Å². The number of amides is 1. The molecule has 166 valence electrons. The summed E-state index contributed by atoms with van der Waals surface area (Å²) in [6.07, 6.45) is 0. The minimum Gasteiger partial charge on any atom is -0.508 e. The molecule has 0 bridgehead atoms. The Labute approximate surface area is 185 Å². The maximum Gasteiger partial charge on any atom is 0.339 e. The predicted octanol–water partition coefficient (Wildman–Crippen LogP) is 3.57. The number of benzene rings is 3. The minimum absolute atomic E-state index is 0.0347. The number of carbonyl (C=O) groups excluding carboxylic acids is 2. The first-order valence-corrected chi connectivity index (χ1v) is 10.9. The molecule has 0 aromatic heterocycles. The Balaban J connectivity index is 1.58. The summed E-state index contributed by atoms with van der Waals surface area (Å²) < 4.78 is 35.3. The van der Waals surface area contributed by atoms with E-state index in [1.807, 2.05) is 0 Å². The highest BCUT2D eigenvalue weighted by atomic mass is 32.2. The zero-order valence-electron chi connectivity index (χ0n) is 17.4. The van der Waals surface area contributed by atoms with E-state index in [2.05, 4.69) is 5.32 Å². The number of phenolic OH excluding ortho intramolecular Hbond substituents is 1. The number of esters is 1. The Bertz CT molecular complexity index is 1230. The van der Waals surface area contributed by atoms with Gasteiger partial charge in [0.15, 0.2) is 6.61 Å². The van der Waals surface area contributed by atoms with E-state index in [4.69, 9.17) is 8.92 Å². The van der Waals surface area contributed by atoms with Crippen LogP contribution in [0.1, 0.15) is 21.5 Å². The van der Waals surface area contributed by atoms with Crippen LogP contribution >= 0.6 is 0 Å². The molecule has 1 amide bonds. The molecule has 9 heteroatoms. The van der Waals surface area contributed by atoms with E-state index in [-0.39, 0.29) is 22.0 Å². The number of anilines is 1. The van der Waals surface area contributed by atoms with Gasteiger partial charge in [0.05, 0.1) is 5.56 Å². The van der Waals surface area contributed by atoms with Gasteiger partial charge in [0.2, 0.25) is 0 Å². The van der Waals surface area contributed by atoms with Gasteiger partial charge in [0.1, 0.15) is 16.4 Å². The van der Waals surface area contributed by atoms with E-state index in [9.17, 15) is 23.1 Å². The van der Waals surface area contributed by atoms with Crippen LogP contribution in [-0.2, 0) is 19.6 Å². The zero-order chi connectivity index (χ0) is 23.3. The average Bonchev–Trinajstić information content (AvgIpc) is 2.75. The van der Waals surface area contributed by atoms with Gasteiger partial charge in [-0.15, -0.1) is 0 Å². The molecule has 0 spiro atoms. The molecule has 0 aliphatic rings. The van der Waals surface area contributed by atoms with Crippen molar-refractivity contribution < 1.29 is 32.0 Å². The fraction of sp³-hybridized carbons (Fsp3) is 0.130. The van der Waals surface area contributed by atoms with Gasteiger partial charge in [-0.25, -0.2) is 4.79 Å². The van der Waals surface area contributed by atoms with E-state index in [1.165, 1.54) is 54.6 Å². The molecule has 3 aromatic rings. The van der Waals surface area contributed by atoms with Gasteiger partial charge < -0.3 is 19.3 Å². The SMILES string of the molecule is Cc1ccc(C)c(S(=O)(=O)Oc2ccc(C(=O)OCC(=O)Nc3ccc(O)cc3)cc2)c1. The molecule has 0 atom stereocenters. The van der Waals surface area contributed by atoms with E-state index >= 15 is 0 Å². The molecule has 0 unspecified atom stereocenters. The van der Waals surface area contributed by atoms with Crippen molar-refractivity contribution in [1.29, 1.82) is 0 Å². The number of rotatable bonds is 7. The molecular weight excluding hydrogens is 434 g/mol. The second kappa shape index (κ2) is 9.52. The largest absolute Gasteiger partial charge is 0.508 e. The lowest BCUT2D eigenvalue weighted by Gasteiger charge is -2.10. The lowest BCUT2D eigenvalue weighted by atomic mass is 10.2. The van der Waals surface area contributed by atoms with E-state index in [0.29, 0.717) is 11.3 Å². The molecule has 0 fully saturated rings. The molecule has 0 saturated carbocycles. The summed E-state index contributed by atoms with van der Waals surface area (Å²) in [5.74, 6) is -1.21. The smallest absolute Gasteiger partial charge is 0.339 e. The molecule has 32 heavy (non-hydrogen) atoms. The fourth-order valence-corrected chi connectivity index (χ4v) is 4.00. The molecule has 2 N–H and O–H groups in total. The standard InChI is InChI=1S/C23H21NO7S/c1-15-3-4-16(2)21(13-15)32(28,29)31-20-11-5-17(6-12-20)23(27)30-14-22(26)24-18-7-9-19(25)10-8-18/h3-13,25H,14H2,1-2H3,(H,24,26). The minimum atomic E-state index is -4.04. The normalized spacial score (nSPS) is 10.9. The maximum absolute atomic E-state index is 12.6. The van der Waals surface area contributed by atoms with Gasteiger partial charge in [-0.3, -0.25) is 4.79 Å². The summed E-state index contributed by atoms with van der Waals surface area (Å²) in [6, 6.07) is 16.2. The third kappa shape index (κ3) is 5.86. The third-order valence-electron chi connectivity index (χ3n) is 4.39. The van der Waals surface area contributed by atoms with Crippen molar-refractivity contribution in [2.45, 2.75) is 18.7 Å². The van der Waals surface area contributed by atoms with Crippen molar-refractivity contribution in [1.82, 2.24) is 0 Å². The lowest BCUT2D eigenvalue weighted by Crippen LogP contribution is -2.20. The zero-order valence-corrected chi connectivity index (χ0v) is 18.2. The van der Waals surface area contributed by atoms with Gasteiger partial charge in [-0.05, 0) is 79.6 Å². The predicted molar refractivity (Wildman–Crippen MR) is 117 cm³/mol. The number of phenols is 1. The van der Waals surface area contributed by atoms with Crippen molar-refractivity contribution >= 4 is 27.7 Å². The average molecular weight is 455 g/mol. The van der Waals surface area contributed by atoms with Crippen LogP contribution in [0.25, 0.3) is 0 Å². The third-order valence-corrected chi connectivity index (χ3v) is 5.78. The van der Waals surface area contributed by atoms with Crippen molar-refractivity contribution in [3.63, 3.8) is 0 Å². The molecule has 3 aromatic carbocycles. The van der Waals surface area contributed by atoms with Gasteiger partial charge in [-0.2, -0.15) is 8.42 Å². The van der Waals surface area contributed by atoms with Crippen molar-refractivity contribution in [2.24, 2.45) is 0 Å². The van der Waals surface area contributed by atoms with Gasteiger partial charge in [0, 0.05) is 5.69 Å².